The van der Waals surface area contributed by atoms with Crippen LogP contribution in [-0.4, -0.2) is 23.3 Å². The predicted octanol–water partition coefficient (Wildman–Crippen LogP) is 2.74. The summed E-state index contributed by atoms with van der Waals surface area (Å²) in [5.74, 6) is -0.676. The van der Waals surface area contributed by atoms with Crippen LogP contribution in [0.5, 0.6) is 0 Å². The first-order valence-electron chi connectivity index (χ1n) is 7.43. The quantitative estimate of drug-likeness (QED) is 0.860. The van der Waals surface area contributed by atoms with Gasteiger partial charge in [0.2, 0.25) is 0 Å². The lowest BCUT2D eigenvalue weighted by molar-refractivity contribution is -0.163. The number of aryl methyl sites for hydroxylation is 1. The molecule has 2 rings (SSSR count). The zero-order valence-corrected chi connectivity index (χ0v) is 12.6. The Kier molecular flexibility index (Phi) is 4.48. The van der Waals surface area contributed by atoms with Crippen molar-refractivity contribution in [1.82, 2.24) is 0 Å². The number of ether oxygens (including phenoxy) is 1. The van der Waals surface area contributed by atoms with E-state index in [-0.39, 0.29) is 11.9 Å². The fourth-order valence-electron chi connectivity index (χ4n) is 3.35. The third-order valence-electron chi connectivity index (χ3n) is 4.23. The zero-order chi connectivity index (χ0) is 14.8. The minimum atomic E-state index is -0.991. The number of carbonyl (C=O) groups excluding carboxylic acids is 1. The highest BCUT2D eigenvalue weighted by Crippen LogP contribution is 2.38. The van der Waals surface area contributed by atoms with Gasteiger partial charge in [0.15, 0.2) is 0 Å². The van der Waals surface area contributed by atoms with E-state index in [2.05, 4.69) is 6.07 Å². The van der Waals surface area contributed by atoms with Crippen LogP contribution in [0.15, 0.2) is 24.3 Å². The second-order valence-corrected chi connectivity index (χ2v) is 6.02. The van der Waals surface area contributed by atoms with E-state index in [9.17, 15) is 9.90 Å². The topological polar surface area (TPSA) is 46.5 Å². The molecule has 2 unspecified atom stereocenters. The van der Waals surface area contributed by atoms with E-state index in [0.29, 0.717) is 19.4 Å². The molecule has 0 fully saturated rings. The molecule has 0 bridgehead atoms. The summed E-state index contributed by atoms with van der Waals surface area (Å²) in [4.78, 5) is 12.2. The van der Waals surface area contributed by atoms with Crippen molar-refractivity contribution in [1.29, 1.82) is 0 Å². The van der Waals surface area contributed by atoms with E-state index in [1.165, 1.54) is 5.56 Å². The van der Waals surface area contributed by atoms with Crippen LogP contribution < -0.4 is 0 Å². The lowest BCUT2D eigenvalue weighted by Gasteiger charge is -2.40. The molecule has 3 heteroatoms. The number of aliphatic hydroxyl groups is 1. The Hall–Kier alpha value is -1.35. The molecule has 0 saturated heterocycles. The molecule has 0 radical (unpaired) electrons. The van der Waals surface area contributed by atoms with Crippen LogP contribution >= 0.6 is 0 Å². The Labute approximate surface area is 121 Å². The fourth-order valence-corrected chi connectivity index (χ4v) is 3.35. The van der Waals surface area contributed by atoms with Gasteiger partial charge < -0.3 is 9.84 Å². The van der Waals surface area contributed by atoms with Crippen molar-refractivity contribution in [3.63, 3.8) is 0 Å². The minimum absolute atomic E-state index is 0.0595. The third kappa shape index (κ3) is 2.88. The van der Waals surface area contributed by atoms with Crippen LogP contribution in [0.1, 0.15) is 38.3 Å². The maximum atomic E-state index is 12.2. The summed E-state index contributed by atoms with van der Waals surface area (Å²) < 4.78 is 5.17. The maximum Gasteiger partial charge on any atom is 0.312 e. The Balaban J connectivity index is 2.27. The molecule has 0 aromatic heterocycles. The summed E-state index contributed by atoms with van der Waals surface area (Å²) >= 11 is 0. The molecule has 2 atom stereocenters. The average Bonchev–Trinajstić information content (AvgIpc) is 2.38. The van der Waals surface area contributed by atoms with Crippen LogP contribution in [0.25, 0.3) is 0 Å². The van der Waals surface area contributed by atoms with Crippen molar-refractivity contribution in [2.24, 2.45) is 11.8 Å². The summed E-state index contributed by atoms with van der Waals surface area (Å²) in [6, 6.07) is 8.15. The average molecular weight is 276 g/mol. The molecule has 3 nitrogen and oxygen atoms in total. The van der Waals surface area contributed by atoms with Crippen molar-refractivity contribution in [2.75, 3.05) is 6.61 Å². The molecule has 1 aromatic rings. The van der Waals surface area contributed by atoms with Crippen LogP contribution in [0, 0.1) is 11.8 Å². The van der Waals surface area contributed by atoms with Gasteiger partial charge in [-0.1, -0.05) is 38.1 Å². The smallest absolute Gasteiger partial charge is 0.312 e. The molecule has 0 aliphatic heterocycles. The molecule has 0 heterocycles. The van der Waals surface area contributed by atoms with Crippen LogP contribution in [0.3, 0.4) is 0 Å². The number of hydrogen-bond donors (Lipinski definition) is 1. The van der Waals surface area contributed by atoms with E-state index >= 15 is 0 Å². The van der Waals surface area contributed by atoms with Gasteiger partial charge in [0.25, 0.3) is 0 Å². The van der Waals surface area contributed by atoms with Crippen LogP contribution in [0.4, 0.5) is 0 Å². The Morgan fingerprint density at radius 2 is 2.00 bits per heavy atom. The molecule has 0 amide bonds. The molecule has 1 aliphatic carbocycles. The monoisotopic (exact) mass is 276 g/mol. The summed E-state index contributed by atoms with van der Waals surface area (Å²) in [6.07, 6.45) is 1.96. The lowest BCUT2D eigenvalue weighted by atomic mass is 9.69. The first kappa shape index (κ1) is 15.0. The molecular weight excluding hydrogens is 252 g/mol. The lowest BCUT2D eigenvalue weighted by Crippen LogP contribution is -2.49. The Bertz CT molecular complexity index is 481. The Morgan fingerprint density at radius 1 is 1.35 bits per heavy atom. The fraction of sp³-hybridized carbons (Fsp3) is 0.588. The molecule has 1 aromatic carbocycles. The number of rotatable bonds is 4. The van der Waals surface area contributed by atoms with E-state index in [4.69, 9.17) is 4.74 Å². The van der Waals surface area contributed by atoms with Gasteiger partial charge in [-0.2, -0.15) is 0 Å². The first-order valence-corrected chi connectivity index (χ1v) is 7.43. The predicted molar refractivity (Wildman–Crippen MR) is 78.4 cm³/mol. The molecule has 110 valence electrons. The van der Waals surface area contributed by atoms with E-state index in [1.807, 2.05) is 32.0 Å². The van der Waals surface area contributed by atoms with Gasteiger partial charge in [-0.3, -0.25) is 4.79 Å². The zero-order valence-electron chi connectivity index (χ0n) is 12.6. The van der Waals surface area contributed by atoms with Crippen molar-refractivity contribution in [3.05, 3.63) is 35.4 Å². The molecule has 1 aliphatic rings. The highest BCUT2D eigenvalue weighted by atomic mass is 16.5. The minimum Gasteiger partial charge on any atom is -0.466 e. The maximum absolute atomic E-state index is 12.2. The first-order chi connectivity index (χ1) is 9.48. The SMILES string of the molecule is CCOC(=O)C(C(C)C)C1(O)CCc2ccccc2C1. The van der Waals surface area contributed by atoms with E-state index in [0.717, 1.165) is 12.0 Å². The second-order valence-electron chi connectivity index (χ2n) is 6.02. The molecule has 0 saturated carbocycles. The number of benzene rings is 1. The third-order valence-corrected chi connectivity index (χ3v) is 4.23. The normalized spacial score (nSPS) is 23.2. The van der Waals surface area contributed by atoms with E-state index in [1.54, 1.807) is 6.92 Å². The van der Waals surface area contributed by atoms with Gasteiger partial charge in [-0.25, -0.2) is 0 Å². The number of hydrogen-bond acceptors (Lipinski definition) is 3. The van der Waals surface area contributed by atoms with Gasteiger partial charge in [-0.05, 0) is 36.8 Å². The van der Waals surface area contributed by atoms with Crippen LogP contribution in [-0.2, 0) is 22.4 Å². The highest BCUT2D eigenvalue weighted by Gasteiger charge is 2.45. The summed E-state index contributed by atoms with van der Waals surface area (Å²) in [5.41, 5.74) is 1.44. The van der Waals surface area contributed by atoms with Crippen molar-refractivity contribution in [2.45, 2.75) is 45.6 Å². The molecule has 20 heavy (non-hydrogen) atoms. The molecule has 1 N–H and O–H groups in total. The summed E-state index contributed by atoms with van der Waals surface area (Å²) in [5, 5.41) is 11.0. The standard InChI is InChI=1S/C17H24O3/c1-4-20-16(18)15(12(2)3)17(19)10-9-13-7-5-6-8-14(13)11-17/h5-8,12,15,19H,4,9-11H2,1-3H3. The van der Waals surface area contributed by atoms with Gasteiger partial charge >= 0.3 is 5.97 Å². The number of esters is 1. The van der Waals surface area contributed by atoms with Gasteiger partial charge in [0.1, 0.15) is 0 Å². The van der Waals surface area contributed by atoms with Crippen LogP contribution in [0.2, 0.25) is 0 Å². The van der Waals surface area contributed by atoms with Crippen molar-refractivity contribution < 1.29 is 14.6 Å². The molecular formula is C17H24O3. The van der Waals surface area contributed by atoms with Crippen molar-refractivity contribution >= 4 is 5.97 Å². The summed E-state index contributed by atoms with van der Waals surface area (Å²) in [7, 11) is 0. The number of fused-ring (bicyclic) bond motifs is 1. The van der Waals surface area contributed by atoms with Crippen molar-refractivity contribution in [3.8, 4) is 0 Å². The summed E-state index contributed by atoms with van der Waals surface area (Å²) in [6.45, 7) is 6.10. The van der Waals surface area contributed by atoms with Gasteiger partial charge in [0.05, 0.1) is 18.1 Å². The molecule has 0 spiro atoms. The van der Waals surface area contributed by atoms with E-state index < -0.39 is 11.5 Å². The largest absolute Gasteiger partial charge is 0.466 e. The number of carbonyl (C=O) groups is 1. The highest BCUT2D eigenvalue weighted by molar-refractivity contribution is 5.74. The van der Waals surface area contributed by atoms with Gasteiger partial charge in [0, 0.05) is 6.42 Å². The Morgan fingerprint density at radius 3 is 2.60 bits per heavy atom. The second kappa shape index (κ2) is 5.96. The van der Waals surface area contributed by atoms with Gasteiger partial charge in [-0.15, -0.1) is 0 Å².